The third kappa shape index (κ3) is 3.93. The van der Waals surface area contributed by atoms with Gasteiger partial charge in [0.05, 0.1) is 12.0 Å². The lowest BCUT2D eigenvalue weighted by molar-refractivity contribution is 0.251. The SMILES string of the molecule is Cc1cc(NC(=O)NCc2cccc3ccccc23)n(-c2nc(-c3ccco3)cs2)n1. The van der Waals surface area contributed by atoms with E-state index in [0.29, 0.717) is 23.3 Å². The third-order valence-electron chi connectivity index (χ3n) is 4.84. The second kappa shape index (κ2) is 8.08. The summed E-state index contributed by atoms with van der Waals surface area (Å²) < 4.78 is 7.04. The maximum atomic E-state index is 12.6. The van der Waals surface area contributed by atoms with E-state index in [1.807, 2.05) is 54.8 Å². The van der Waals surface area contributed by atoms with Gasteiger partial charge in [0, 0.05) is 18.0 Å². The number of benzene rings is 2. The number of furan rings is 1. The second-order valence-corrected chi connectivity index (χ2v) is 7.86. The van der Waals surface area contributed by atoms with Crippen LogP contribution in [-0.2, 0) is 6.54 Å². The summed E-state index contributed by atoms with van der Waals surface area (Å²) >= 11 is 1.42. The Morgan fingerprint density at radius 2 is 2.00 bits per heavy atom. The minimum atomic E-state index is -0.308. The van der Waals surface area contributed by atoms with Gasteiger partial charge >= 0.3 is 6.03 Å². The number of carbonyl (C=O) groups excluding carboxylic acids is 1. The average molecular weight is 430 g/mol. The van der Waals surface area contributed by atoms with Gasteiger partial charge in [-0.2, -0.15) is 9.78 Å². The quantitative estimate of drug-likeness (QED) is 0.393. The molecule has 0 aliphatic rings. The molecule has 7 nitrogen and oxygen atoms in total. The van der Waals surface area contributed by atoms with Crippen molar-refractivity contribution in [3.05, 3.63) is 83.6 Å². The molecule has 5 aromatic rings. The van der Waals surface area contributed by atoms with E-state index in [-0.39, 0.29) is 6.03 Å². The second-order valence-electron chi connectivity index (χ2n) is 7.02. The Hall–Kier alpha value is -3.91. The molecule has 0 spiro atoms. The van der Waals surface area contributed by atoms with E-state index >= 15 is 0 Å². The highest BCUT2D eigenvalue weighted by Crippen LogP contribution is 2.26. The van der Waals surface area contributed by atoms with Gasteiger partial charge in [0.25, 0.3) is 0 Å². The summed E-state index contributed by atoms with van der Waals surface area (Å²) in [6.45, 7) is 2.29. The van der Waals surface area contributed by atoms with Gasteiger partial charge in [-0.3, -0.25) is 5.32 Å². The number of aromatic nitrogens is 3. The standard InChI is InChI=1S/C23H19N5O2S/c1-15-12-21(28(27-15)23-25-19(14-31-23)20-10-5-11-30-20)26-22(29)24-13-17-8-4-7-16-6-2-3-9-18(16)17/h2-12,14H,13H2,1H3,(H2,24,26,29). The van der Waals surface area contributed by atoms with Crippen LogP contribution in [0.4, 0.5) is 10.6 Å². The smallest absolute Gasteiger partial charge is 0.320 e. The number of hydrogen-bond donors (Lipinski definition) is 2. The Bertz CT molecular complexity index is 1350. The summed E-state index contributed by atoms with van der Waals surface area (Å²) in [7, 11) is 0. The van der Waals surface area contributed by atoms with E-state index in [1.54, 1.807) is 10.9 Å². The van der Waals surface area contributed by atoms with Gasteiger partial charge in [-0.25, -0.2) is 9.78 Å². The summed E-state index contributed by atoms with van der Waals surface area (Å²) in [5.74, 6) is 1.24. The molecule has 0 aliphatic heterocycles. The molecule has 0 fully saturated rings. The average Bonchev–Trinajstić information content (AvgIpc) is 3.53. The normalized spacial score (nSPS) is 11.0. The van der Waals surface area contributed by atoms with Gasteiger partial charge in [0.2, 0.25) is 5.13 Å². The van der Waals surface area contributed by atoms with Crippen LogP contribution in [-0.4, -0.2) is 20.8 Å². The number of amides is 2. The first-order chi connectivity index (χ1) is 15.2. The number of aryl methyl sites for hydroxylation is 1. The Balaban J connectivity index is 1.32. The monoisotopic (exact) mass is 429 g/mol. The lowest BCUT2D eigenvalue weighted by Gasteiger charge is -2.10. The van der Waals surface area contributed by atoms with E-state index in [4.69, 9.17) is 4.42 Å². The lowest BCUT2D eigenvalue weighted by Crippen LogP contribution is -2.29. The van der Waals surface area contributed by atoms with Gasteiger partial charge in [0.1, 0.15) is 11.5 Å². The Kier molecular flexibility index (Phi) is 4.97. The highest BCUT2D eigenvalue weighted by atomic mass is 32.1. The van der Waals surface area contributed by atoms with Crippen LogP contribution in [0.1, 0.15) is 11.3 Å². The topological polar surface area (TPSA) is 85.0 Å². The van der Waals surface area contributed by atoms with Crippen molar-refractivity contribution in [2.75, 3.05) is 5.32 Å². The van der Waals surface area contributed by atoms with Crippen molar-refractivity contribution in [3.8, 4) is 16.6 Å². The number of thiazole rings is 1. The van der Waals surface area contributed by atoms with Crippen molar-refractivity contribution >= 4 is 34.0 Å². The zero-order valence-corrected chi connectivity index (χ0v) is 17.5. The molecule has 0 atom stereocenters. The van der Waals surface area contributed by atoms with Gasteiger partial charge in [-0.1, -0.05) is 42.5 Å². The number of urea groups is 1. The molecule has 0 saturated heterocycles. The van der Waals surface area contributed by atoms with E-state index in [9.17, 15) is 4.79 Å². The fourth-order valence-electron chi connectivity index (χ4n) is 3.42. The molecule has 3 aromatic heterocycles. The Labute approximate surface area is 182 Å². The first-order valence-corrected chi connectivity index (χ1v) is 10.6. The highest BCUT2D eigenvalue weighted by Gasteiger charge is 2.15. The molecular formula is C23H19N5O2S. The van der Waals surface area contributed by atoms with Crippen molar-refractivity contribution in [3.63, 3.8) is 0 Å². The van der Waals surface area contributed by atoms with E-state index in [2.05, 4.69) is 38.9 Å². The van der Waals surface area contributed by atoms with Crippen molar-refractivity contribution < 1.29 is 9.21 Å². The summed E-state index contributed by atoms with van der Waals surface area (Å²) in [5.41, 5.74) is 2.56. The predicted octanol–water partition coefficient (Wildman–Crippen LogP) is 5.37. The molecular weight excluding hydrogens is 410 g/mol. The van der Waals surface area contributed by atoms with Crippen molar-refractivity contribution in [1.82, 2.24) is 20.1 Å². The van der Waals surface area contributed by atoms with Crippen LogP contribution < -0.4 is 10.6 Å². The summed E-state index contributed by atoms with van der Waals surface area (Å²) in [4.78, 5) is 17.2. The number of nitrogens with zero attached hydrogens (tertiary/aromatic N) is 3. The molecule has 8 heteroatoms. The zero-order valence-electron chi connectivity index (χ0n) is 16.7. The lowest BCUT2D eigenvalue weighted by atomic mass is 10.0. The van der Waals surface area contributed by atoms with Crippen LogP contribution in [0.5, 0.6) is 0 Å². The molecule has 2 aromatic carbocycles. The molecule has 0 unspecified atom stereocenters. The molecule has 31 heavy (non-hydrogen) atoms. The number of nitrogens with one attached hydrogen (secondary N) is 2. The molecule has 2 amide bonds. The minimum Gasteiger partial charge on any atom is -0.463 e. The van der Waals surface area contributed by atoms with Crippen LogP contribution >= 0.6 is 11.3 Å². The third-order valence-corrected chi connectivity index (χ3v) is 5.66. The number of fused-ring (bicyclic) bond motifs is 1. The largest absolute Gasteiger partial charge is 0.463 e. The number of anilines is 1. The Morgan fingerprint density at radius 1 is 1.13 bits per heavy atom. The van der Waals surface area contributed by atoms with Crippen LogP contribution in [0.3, 0.4) is 0 Å². The summed E-state index contributed by atoms with van der Waals surface area (Å²) in [6.07, 6.45) is 1.61. The maximum Gasteiger partial charge on any atom is 0.320 e. The summed E-state index contributed by atoms with van der Waals surface area (Å²) in [6, 6.07) is 19.4. The first kappa shape index (κ1) is 19.1. The fraction of sp³-hybridized carbons (Fsp3) is 0.0870. The van der Waals surface area contributed by atoms with Gasteiger partial charge in [-0.15, -0.1) is 11.3 Å². The molecule has 2 N–H and O–H groups in total. The van der Waals surface area contributed by atoms with Gasteiger partial charge < -0.3 is 9.73 Å². The molecule has 0 bridgehead atoms. The molecule has 3 heterocycles. The van der Waals surface area contributed by atoms with Crippen molar-refractivity contribution in [2.45, 2.75) is 13.5 Å². The van der Waals surface area contributed by atoms with Gasteiger partial charge in [0.15, 0.2) is 5.76 Å². The zero-order chi connectivity index (χ0) is 21.2. The fourth-order valence-corrected chi connectivity index (χ4v) is 4.19. The predicted molar refractivity (Wildman–Crippen MR) is 121 cm³/mol. The molecule has 154 valence electrons. The van der Waals surface area contributed by atoms with E-state index < -0.39 is 0 Å². The van der Waals surface area contributed by atoms with Crippen molar-refractivity contribution in [2.24, 2.45) is 0 Å². The van der Waals surface area contributed by atoms with Gasteiger partial charge in [-0.05, 0) is 35.4 Å². The molecule has 0 aliphatic carbocycles. The van der Waals surface area contributed by atoms with E-state index in [1.165, 1.54) is 11.3 Å². The minimum absolute atomic E-state index is 0.308. The molecule has 5 rings (SSSR count). The van der Waals surface area contributed by atoms with Crippen LogP contribution in [0.15, 0.2) is 76.7 Å². The number of carbonyl (C=O) groups is 1. The first-order valence-electron chi connectivity index (χ1n) is 9.75. The molecule has 0 saturated carbocycles. The van der Waals surface area contributed by atoms with Crippen LogP contribution in [0, 0.1) is 6.92 Å². The number of hydrogen-bond acceptors (Lipinski definition) is 5. The number of rotatable bonds is 5. The van der Waals surface area contributed by atoms with Crippen LogP contribution in [0.2, 0.25) is 0 Å². The van der Waals surface area contributed by atoms with Crippen molar-refractivity contribution in [1.29, 1.82) is 0 Å². The Morgan fingerprint density at radius 3 is 2.87 bits per heavy atom. The highest BCUT2D eigenvalue weighted by molar-refractivity contribution is 7.12. The van der Waals surface area contributed by atoms with E-state index in [0.717, 1.165) is 27.7 Å². The van der Waals surface area contributed by atoms with Crippen LogP contribution in [0.25, 0.3) is 27.4 Å². The maximum absolute atomic E-state index is 12.6. The summed E-state index contributed by atoms with van der Waals surface area (Å²) in [5, 5.41) is 15.1. The molecule has 0 radical (unpaired) electrons.